The molecule has 1 saturated heterocycles. The van der Waals surface area contributed by atoms with Crippen molar-refractivity contribution in [2.24, 2.45) is 0 Å². The van der Waals surface area contributed by atoms with Crippen LogP contribution in [0.25, 0.3) is 0 Å². The van der Waals surface area contributed by atoms with Gasteiger partial charge in [0.2, 0.25) is 0 Å². The van der Waals surface area contributed by atoms with Crippen molar-refractivity contribution in [1.29, 1.82) is 0 Å². The molecule has 0 bridgehead atoms. The van der Waals surface area contributed by atoms with Gasteiger partial charge in [0, 0.05) is 36.3 Å². The first-order valence-corrected chi connectivity index (χ1v) is 8.12. The van der Waals surface area contributed by atoms with Gasteiger partial charge in [0.25, 0.3) is 5.91 Å². The maximum Gasteiger partial charge on any atom is 0.255 e. The van der Waals surface area contributed by atoms with E-state index in [-0.39, 0.29) is 10.7 Å². The summed E-state index contributed by atoms with van der Waals surface area (Å²) in [5.41, 5.74) is 0.555. The summed E-state index contributed by atoms with van der Waals surface area (Å²) in [5.74, 6) is 1.60. The summed E-state index contributed by atoms with van der Waals surface area (Å²) in [6, 6.07) is 1.70. The molecule has 0 spiro atoms. The summed E-state index contributed by atoms with van der Waals surface area (Å²) in [7, 11) is 0. The molecular formula is C14H20ClN3OS. The van der Waals surface area contributed by atoms with E-state index < -0.39 is 0 Å². The molecule has 0 saturated carbocycles. The van der Waals surface area contributed by atoms with E-state index in [0.29, 0.717) is 16.4 Å². The van der Waals surface area contributed by atoms with Gasteiger partial charge in [-0.3, -0.25) is 4.79 Å². The Bertz CT molecular complexity index is 507. The second-order valence-electron chi connectivity index (χ2n) is 5.42. The SMILES string of the molecule is CCNc1ncc(C(=O)N2CCSC(C)(C)C2)cc1Cl. The van der Waals surface area contributed by atoms with Gasteiger partial charge in [0.05, 0.1) is 10.6 Å². The number of nitrogens with zero attached hydrogens (tertiary/aromatic N) is 2. The molecule has 0 aromatic carbocycles. The minimum absolute atomic E-state index is 0.0100. The largest absolute Gasteiger partial charge is 0.369 e. The normalized spacial score (nSPS) is 17.9. The number of amides is 1. The van der Waals surface area contributed by atoms with Crippen LogP contribution >= 0.6 is 23.4 Å². The molecule has 6 heteroatoms. The second kappa shape index (κ2) is 6.22. The fraction of sp³-hybridized carbons (Fsp3) is 0.571. The van der Waals surface area contributed by atoms with Gasteiger partial charge < -0.3 is 10.2 Å². The Hall–Kier alpha value is -0.940. The zero-order valence-corrected chi connectivity index (χ0v) is 13.6. The first-order valence-electron chi connectivity index (χ1n) is 6.75. The fourth-order valence-electron chi connectivity index (χ4n) is 2.22. The van der Waals surface area contributed by atoms with E-state index in [2.05, 4.69) is 24.1 Å². The molecule has 4 nitrogen and oxygen atoms in total. The summed E-state index contributed by atoms with van der Waals surface area (Å²) in [6.45, 7) is 8.58. The number of carbonyl (C=O) groups is 1. The number of pyridine rings is 1. The van der Waals surface area contributed by atoms with Crippen LogP contribution in [0.3, 0.4) is 0 Å². The van der Waals surface area contributed by atoms with Crippen LogP contribution in [0, 0.1) is 0 Å². The molecule has 0 unspecified atom stereocenters. The minimum Gasteiger partial charge on any atom is -0.369 e. The Morgan fingerprint density at radius 1 is 1.60 bits per heavy atom. The van der Waals surface area contributed by atoms with Gasteiger partial charge in [-0.15, -0.1) is 0 Å². The van der Waals surface area contributed by atoms with E-state index in [9.17, 15) is 4.79 Å². The van der Waals surface area contributed by atoms with Crippen molar-refractivity contribution < 1.29 is 4.79 Å². The molecular weight excluding hydrogens is 294 g/mol. The number of aromatic nitrogens is 1. The van der Waals surface area contributed by atoms with Gasteiger partial charge in [0.1, 0.15) is 5.82 Å². The maximum atomic E-state index is 12.5. The molecule has 1 aromatic heterocycles. The van der Waals surface area contributed by atoms with E-state index >= 15 is 0 Å². The Morgan fingerprint density at radius 2 is 2.35 bits per heavy atom. The molecule has 1 amide bonds. The summed E-state index contributed by atoms with van der Waals surface area (Å²) in [4.78, 5) is 18.6. The summed E-state index contributed by atoms with van der Waals surface area (Å²) < 4.78 is 0.106. The lowest BCUT2D eigenvalue weighted by Gasteiger charge is -2.37. The molecule has 1 aliphatic heterocycles. The average molecular weight is 314 g/mol. The lowest BCUT2D eigenvalue weighted by molar-refractivity contribution is 0.0747. The molecule has 1 N–H and O–H groups in total. The number of nitrogens with one attached hydrogen (secondary N) is 1. The van der Waals surface area contributed by atoms with Crippen LogP contribution in [0.1, 0.15) is 31.1 Å². The molecule has 110 valence electrons. The smallest absolute Gasteiger partial charge is 0.255 e. The van der Waals surface area contributed by atoms with E-state index in [1.54, 1.807) is 12.3 Å². The van der Waals surface area contributed by atoms with Gasteiger partial charge in [-0.1, -0.05) is 11.6 Å². The molecule has 2 heterocycles. The topological polar surface area (TPSA) is 45.2 Å². The molecule has 0 aliphatic carbocycles. The highest BCUT2D eigenvalue weighted by Gasteiger charge is 2.30. The van der Waals surface area contributed by atoms with Crippen LogP contribution in [-0.2, 0) is 0 Å². The third-order valence-electron chi connectivity index (χ3n) is 3.15. The fourth-order valence-corrected chi connectivity index (χ4v) is 3.57. The highest BCUT2D eigenvalue weighted by atomic mass is 35.5. The van der Waals surface area contributed by atoms with Crippen molar-refractivity contribution in [1.82, 2.24) is 9.88 Å². The average Bonchev–Trinajstić information content (AvgIpc) is 2.39. The van der Waals surface area contributed by atoms with Crippen LogP contribution in [0.2, 0.25) is 5.02 Å². The lowest BCUT2D eigenvalue weighted by atomic mass is 10.1. The van der Waals surface area contributed by atoms with Crippen molar-refractivity contribution in [2.75, 3.05) is 30.7 Å². The predicted molar refractivity (Wildman–Crippen MR) is 85.9 cm³/mol. The number of halogens is 1. The van der Waals surface area contributed by atoms with Crippen LogP contribution < -0.4 is 5.32 Å². The first-order chi connectivity index (χ1) is 9.43. The number of hydrogen-bond donors (Lipinski definition) is 1. The number of rotatable bonds is 3. The van der Waals surface area contributed by atoms with Crippen molar-refractivity contribution in [3.05, 3.63) is 22.8 Å². The molecule has 0 atom stereocenters. The maximum absolute atomic E-state index is 12.5. The third kappa shape index (κ3) is 3.58. The number of anilines is 1. The van der Waals surface area contributed by atoms with Gasteiger partial charge in [-0.2, -0.15) is 11.8 Å². The number of carbonyl (C=O) groups excluding carboxylic acids is 1. The first kappa shape index (κ1) is 15.4. The van der Waals surface area contributed by atoms with E-state index in [1.165, 1.54) is 0 Å². The Balaban J connectivity index is 2.15. The molecule has 20 heavy (non-hydrogen) atoms. The highest BCUT2D eigenvalue weighted by molar-refractivity contribution is 8.00. The van der Waals surface area contributed by atoms with E-state index in [4.69, 9.17) is 11.6 Å². The van der Waals surface area contributed by atoms with E-state index in [1.807, 2.05) is 23.6 Å². The molecule has 0 radical (unpaired) electrons. The minimum atomic E-state index is 0.0100. The summed E-state index contributed by atoms with van der Waals surface area (Å²) in [5, 5.41) is 3.55. The van der Waals surface area contributed by atoms with Gasteiger partial charge >= 0.3 is 0 Å². The molecule has 1 aromatic rings. The quantitative estimate of drug-likeness (QED) is 0.931. The number of thioether (sulfide) groups is 1. The van der Waals surface area contributed by atoms with E-state index in [0.717, 1.165) is 25.4 Å². The molecule has 1 fully saturated rings. The van der Waals surface area contributed by atoms with Crippen LogP contribution in [0.4, 0.5) is 5.82 Å². The molecule has 2 rings (SSSR count). The highest BCUT2D eigenvalue weighted by Crippen LogP contribution is 2.30. The molecule has 1 aliphatic rings. The van der Waals surface area contributed by atoms with Crippen LogP contribution in [0.5, 0.6) is 0 Å². The predicted octanol–water partition coefficient (Wildman–Crippen LogP) is 3.13. The summed E-state index contributed by atoms with van der Waals surface area (Å²) >= 11 is 8.05. The van der Waals surface area contributed by atoms with Crippen molar-refractivity contribution in [3.63, 3.8) is 0 Å². The zero-order valence-electron chi connectivity index (χ0n) is 12.1. The monoisotopic (exact) mass is 313 g/mol. The van der Waals surface area contributed by atoms with Gasteiger partial charge in [-0.25, -0.2) is 4.98 Å². The zero-order chi connectivity index (χ0) is 14.8. The number of hydrogen-bond acceptors (Lipinski definition) is 4. The standard InChI is InChI=1S/C14H20ClN3OS/c1-4-16-12-11(15)7-10(8-17-12)13(19)18-5-6-20-14(2,3)9-18/h7-8H,4-6,9H2,1-3H3,(H,16,17). The van der Waals surface area contributed by atoms with Gasteiger partial charge in [-0.05, 0) is 26.8 Å². The Kier molecular flexibility index (Phi) is 4.81. The lowest BCUT2D eigenvalue weighted by Crippen LogP contribution is -2.46. The third-order valence-corrected chi connectivity index (χ3v) is 4.73. The Morgan fingerprint density at radius 3 is 2.95 bits per heavy atom. The van der Waals surface area contributed by atoms with Crippen LogP contribution in [-0.4, -0.2) is 45.9 Å². The Labute approximate surface area is 129 Å². The van der Waals surface area contributed by atoms with Crippen molar-refractivity contribution in [3.8, 4) is 0 Å². The van der Waals surface area contributed by atoms with Crippen LogP contribution in [0.15, 0.2) is 12.3 Å². The van der Waals surface area contributed by atoms with Crippen molar-refractivity contribution in [2.45, 2.75) is 25.5 Å². The van der Waals surface area contributed by atoms with Gasteiger partial charge in [0.15, 0.2) is 0 Å². The summed E-state index contributed by atoms with van der Waals surface area (Å²) in [6.07, 6.45) is 1.60. The van der Waals surface area contributed by atoms with Crippen molar-refractivity contribution >= 4 is 35.1 Å². The second-order valence-corrected chi connectivity index (χ2v) is 7.63.